The van der Waals surface area contributed by atoms with Crippen molar-refractivity contribution in [2.75, 3.05) is 20.2 Å². The summed E-state index contributed by atoms with van der Waals surface area (Å²) in [5.74, 6) is 1.42. The van der Waals surface area contributed by atoms with Crippen LogP contribution >= 0.6 is 11.6 Å². The van der Waals surface area contributed by atoms with Gasteiger partial charge in [0.1, 0.15) is 5.60 Å². The fraction of sp³-hybridized carbons (Fsp3) is 0.455. The average molecular weight is 228 g/mol. The van der Waals surface area contributed by atoms with Gasteiger partial charge in [-0.05, 0) is 19.1 Å². The maximum Gasteiger partial charge on any atom is 0.163 e. The molecule has 1 aliphatic heterocycles. The van der Waals surface area contributed by atoms with E-state index in [0.29, 0.717) is 16.5 Å². The minimum Gasteiger partial charge on any atom is -0.493 e. The van der Waals surface area contributed by atoms with Crippen molar-refractivity contribution >= 4 is 11.6 Å². The van der Waals surface area contributed by atoms with Crippen LogP contribution < -0.4 is 14.8 Å². The Bertz CT molecular complexity index is 364. The van der Waals surface area contributed by atoms with Crippen LogP contribution in [0.2, 0.25) is 5.02 Å². The van der Waals surface area contributed by atoms with Crippen molar-refractivity contribution < 1.29 is 9.47 Å². The van der Waals surface area contributed by atoms with Gasteiger partial charge in [0.05, 0.1) is 7.11 Å². The van der Waals surface area contributed by atoms with E-state index in [2.05, 4.69) is 12.2 Å². The highest BCUT2D eigenvalue weighted by Crippen LogP contribution is 2.33. The number of benzene rings is 1. The second kappa shape index (κ2) is 3.91. The van der Waals surface area contributed by atoms with Crippen molar-refractivity contribution in [3.05, 3.63) is 23.2 Å². The molecule has 82 valence electrons. The molecule has 1 heterocycles. The van der Waals surface area contributed by atoms with Crippen molar-refractivity contribution in [1.29, 1.82) is 0 Å². The predicted octanol–water partition coefficient (Wildman–Crippen LogP) is 2.09. The molecule has 1 aliphatic rings. The molecule has 1 aromatic rings. The third-order valence-electron chi connectivity index (χ3n) is 2.48. The molecule has 0 radical (unpaired) electrons. The summed E-state index contributed by atoms with van der Waals surface area (Å²) in [5, 5.41) is 3.83. The van der Waals surface area contributed by atoms with Crippen molar-refractivity contribution in [1.82, 2.24) is 5.32 Å². The number of halogens is 1. The second-order valence-electron chi connectivity index (χ2n) is 3.95. The second-order valence-corrected chi connectivity index (χ2v) is 4.39. The van der Waals surface area contributed by atoms with Gasteiger partial charge in [-0.3, -0.25) is 0 Å². The summed E-state index contributed by atoms with van der Waals surface area (Å²) in [7, 11) is 1.62. The molecular formula is C11H14ClNO2. The molecule has 0 spiro atoms. The molecule has 0 aromatic heterocycles. The summed E-state index contributed by atoms with van der Waals surface area (Å²) in [6.45, 7) is 3.76. The first kappa shape index (κ1) is 10.6. The van der Waals surface area contributed by atoms with E-state index in [4.69, 9.17) is 21.1 Å². The molecule has 0 amide bonds. The van der Waals surface area contributed by atoms with Crippen LogP contribution in [0.15, 0.2) is 18.2 Å². The lowest BCUT2D eigenvalue weighted by Gasteiger charge is -2.39. The lowest BCUT2D eigenvalue weighted by molar-refractivity contribution is 0.0324. The van der Waals surface area contributed by atoms with Crippen molar-refractivity contribution in [3.63, 3.8) is 0 Å². The summed E-state index contributed by atoms with van der Waals surface area (Å²) in [4.78, 5) is 0. The maximum atomic E-state index is 5.91. The topological polar surface area (TPSA) is 30.5 Å². The van der Waals surface area contributed by atoms with Crippen LogP contribution in [0.1, 0.15) is 6.92 Å². The van der Waals surface area contributed by atoms with Gasteiger partial charge < -0.3 is 14.8 Å². The summed E-state index contributed by atoms with van der Waals surface area (Å²) in [6, 6.07) is 5.38. The molecule has 0 saturated carbocycles. The largest absolute Gasteiger partial charge is 0.493 e. The van der Waals surface area contributed by atoms with Crippen molar-refractivity contribution in [2.24, 2.45) is 0 Å². The van der Waals surface area contributed by atoms with E-state index in [1.807, 2.05) is 6.07 Å². The van der Waals surface area contributed by atoms with E-state index in [1.54, 1.807) is 19.2 Å². The number of rotatable bonds is 3. The van der Waals surface area contributed by atoms with Gasteiger partial charge >= 0.3 is 0 Å². The van der Waals surface area contributed by atoms with Gasteiger partial charge in [0.2, 0.25) is 0 Å². The van der Waals surface area contributed by atoms with Crippen molar-refractivity contribution in [2.45, 2.75) is 12.5 Å². The molecule has 1 N–H and O–H groups in total. The highest BCUT2D eigenvalue weighted by atomic mass is 35.5. The highest BCUT2D eigenvalue weighted by Gasteiger charge is 2.34. The van der Waals surface area contributed by atoms with Gasteiger partial charge in [-0.2, -0.15) is 0 Å². The zero-order valence-electron chi connectivity index (χ0n) is 8.84. The number of ether oxygens (including phenoxy) is 2. The van der Waals surface area contributed by atoms with E-state index in [0.717, 1.165) is 13.1 Å². The number of methoxy groups -OCH3 is 1. The van der Waals surface area contributed by atoms with Gasteiger partial charge in [-0.15, -0.1) is 0 Å². The highest BCUT2D eigenvalue weighted by molar-refractivity contribution is 6.30. The average Bonchev–Trinajstić information content (AvgIpc) is 2.16. The molecule has 0 unspecified atom stereocenters. The zero-order chi connectivity index (χ0) is 10.9. The van der Waals surface area contributed by atoms with E-state index in [9.17, 15) is 0 Å². The molecule has 1 aromatic carbocycles. The van der Waals surface area contributed by atoms with Gasteiger partial charge in [-0.25, -0.2) is 0 Å². The van der Waals surface area contributed by atoms with E-state index < -0.39 is 0 Å². The third-order valence-corrected chi connectivity index (χ3v) is 2.72. The first-order valence-corrected chi connectivity index (χ1v) is 5.24. The Balaban J connectivity index is 2.21. The van der Waals surface area contributed by atoms with Crippen LogP contribution in [0.5, 0.6) is 11.5 Å². The fourth-order valence-electron chi connectivity index (χ4n) is 1.54. The molecule has 3 nitrogen and oxygen atoms in total. The molecule has 2 rings (SSSR count). The molecule has 1 saturated heterocycles. The molecule has 0 bridgehead atoms. The predicted molar refractivity (Wildman–Crippen MR) is 59.9 cm³/mol. The van der Waals surface area contributed by atoms with E-state index >= 15 is 0 Å². The van der Waals surface area contributed by atoms with Gasteiger partial charge in [-0.1, -0.05) is 11.6 Å². The molecule has 4 heteroatoms. The Kier molecular flexibility index (Phi) is 2.76. The van der Waals surface area contributed by atoms with E-state index in [-0.39, 0.29) is 5.60 Å². The summed E-state index contributed by atoms with van der Waals surface area (Å²) in [6.07, 6.45) is 0. The smallest absolute Gasteiger partial charge is 0.163 e. The summed E-state index contributed by atoms with van der Waals surface area (Å²) in [5.41, 5.74) is -0.141. The SMILES string of the molecule is COc1ccc(Cl)cc1OC1(C)CNC1. The summed E-state index contributed by atoms with van der Waals surface area (Å²) < 4.78 is 11.1. The Morgan fingerprint density at radius 1 is 1.33 bits per heavy atom. The first-order chi connectivity index (χ1) is 7.13. The van der Waals surface area contributed by atoms with Crippen LogP contribution in [-0.4, -0.2) is 25.8 Å². The minimum absolute atomic E-state index is 0.141. The normalized spacial score (nSPS) is 18.1. The summed E-state index contributed by atoms with van der Waals surface area (Å²) >= 11 is 5.91. The van der Waals surface area contributed by atoms with Crippen LogP contribution in [-0.2, 0) is 0 Å². The third kappa shape index (κ3) is 2.19. The molecule has 0 atom stereocenters. The van der Waals surface area contributed by atoms with Crippen LogP contribution in [0, 0.1) is 0 Å². The number of hydrogen-bond acceptors (Lipinski definition) is 3. The Labute approximate surface area is 94.3 Å². The lowest BCUT2D eigenvalue weighted by Crippen LogP contribution is -2.61. The van der Waals surface area contributed by atoms with Gasteiger partial charge in [0.15, 0.2) is 11.5 Å². The molecule has 0 aliphatic carbocycles. The fourth-order valence-corrected chi connectivity index (χ4v) is 1.71. The minimum atomic E-state index is -0.141. The van der Waals surface area contributed by atoms with E-state index in [1.165, 1.54) is 0 Å². The molecule has 15 heavy (non-hydrogen) atoms. The Morgan fingerprint density at radius 3 is 2.60 bits per heavy atom. The van der Waals surface area contributed by atoms with Crippen molar-refractivity contribution in [3.8, 4) is 11.5 Å². The van der Waals surface area contributed by atoms with Gasteiger partial charge in [0.25, 0.3) is 0 Å². The number of hydrogen-bond donors (Lipinski definition) is 1. The van der Waals surface area contributed by atoms with Crippen LogP contribution in [0.3, 0.4) is 0 Å². The lowest BCUT2D eigenvalue weighted by atomic mass is 10.00. The van der Waals surface area contributed by atoms with Gasteiger partial charge in [0, 0.05) is 24.2 Å². The number of nitrogens with one attached hydrogen (secondary N) is 1. The molecule has 1 fully saturated rings. The Hall–Kier alpha value is -0.930. The Morgan fingerprint density at radius 2 is 2.07 bits per heavy atom. The quantitative estimate of drug-likeness (QED) is 0.858. The van der Waals surface area contributed by atoms with Crippen LogP contribution in [0.25, 0.3) is 0 Å². The van der Waals surface area contributed by atoms with Crippen LogP contribution in [0.4, 0.5) is 0 Å². The standard InChI is InChI=1S/C11H14ClNO2/c1-11(6-13-7-11)15-10-5-8(12)3-4-9(10)14-2/h3-5,13H,6-7H2,1-2H3. The monoisotopic (exact) mass is 227 g/mol. The first-order valence-electron chi connectivity index (χ1n) is 4.86. The molecular weight excluding hydrogens is 214 g/mol. The maximum absolute atomic E-state index is 5.91. The zero-order valence-corrected chi connectivity index (χ0v) is 9.60.